The predicted molar refractivity (Wildman–Crippen MR) is 26.2 cm³/mol. The van der Waals surface area contributed by atoms with E-state index in [1.54, 1.807) is 0 Å². The standard InChI is InChI=1S/C3H5NO.CH4/c1-3(4)2-5;/h2,4H,1H3;1H4. The molecule has 0 aromatic heterocycles. The highest BCUT2D eigenvalue weighted by atomic mass is 16.1. The molecule has 0 aromatic carbocycles. The molecule has 0 amide bonds. The largest absolute Gasteiger partial charge is 0.302 e. The molecule has 0 atom stereocenters. The maximum atomic E-state index is 9.28. The van der Waals surface area contributed by atoms with Crippen molar-refractivity contribution in [1.82, 2.24) is 0 Å². The summed E-state index contributed by atoms with van der Waals surface area (Å²) in [5.41, 5.74) is 0.0741. The smallest absolute Gasteiger partial charge is 0.163 e. The summed E-state index contributed by atoms with van der Waals surface area (Å²) < 4.78 is 0. The van der Waals surface area contributed by atoms with Gasteiger partial charge in [-0.3, -0.25) is 4.79 Å². The summed E-state index contributed by atoms with van der Waals surface area (Å²) in [5.74, 6) is 0. The van der Waals surface area contributed by atoms with E-state index in [0.717, 1.165) is 0 Å². The van der Waals surface area contributed by atoms with Gasteiger partial charge >= 0.3 is 0 Å². The van der Waals surface area contributed by atoms with E-state index in [1.165, 1.54) is 6.92 Å². The first kappa shape index (κ1) is 9.02. The predicted octanol–water partition coefficient (Wildman–Crippen LogP) is 0.861. The van der Waals surface area contributed by atoms with E-state index < -0.39 is 0 Å². The molecule has 2 nitrogen and oxygen atoms in total. The lowest BCUT2D eigenvalue weighted by Crippen LogP contribution is -1.84. The molecule has 0 bridgehead atoms. The molecule has 0 aliphatic carbocycles. The number of hydrogen-bond acceptors (Lipinski definition) is 2. The maximum Gasteiger partial charge on any atom is 0.163 e. The molecular weight excluding hydrogens is 78.0 g/mol. The van der Waals surface area contributed by atoms with Gasteiger partial charge in [-0.2, -0.15) is 0 Å². The van der Waals surface area contributed by atoms with Crippen molar-refractivity contribution in [1.29, 1.82) is 5.41 Å². The van der Waals surface area contributed by atoms with Crippen LogP contribution in [0.4, 0.5) is 0 Å². The zero-order valence-corrected chi connectivity index (χ0v) is 2.99. The molecule has 36 valence electrons. The van der Waals surface area contributed by atoms with Crippen molar-refractivity contribution in [2.24, 2.45) is 0 Å². The Bertz CT molecular complexity index is 58.6. The van der Waals surface area contributed by atoms with Crippen LogP contribution in [-0.2, 0) is 4.79 Å². The number of rotatable bonds is 1. The molecule has 0 fully saturated rings. The summed E-state index contributed by atoms with van der Waals surface area (Å²) in [6, 6.07) is 0. The molecule has 0 saturated heterocycles. The van der Waals surface area contributed by atoms with Gasteiger partial charge in [0.1, 0.15) is 0 Å². The fourth-order valence-electron chi connectivity index (χ4n) is 0. The third kappa shape index (κ3) is 10.2. The summed E-state index contributed by atoms with van der Waals surface area (Å²) >= 11 is 0. The van der Waals surface area contributed by atoms with Gasteiger partial charge < -0.3 is 5.41 Å². The van der Waals surface area contributed by atoms with Crippen molar-refractivity contribution in [2.45, 2.75) is 14.4 Å². The van der Waals surface area contributed by atoms with Crippen LogP contribution in [0.5, 0.6) is 0 Å². The summed E-state index contributed by atoms with van der Waals surface area (Å²) in [5, 5.41) is 6.38. The zero-order chi connectivity index (χ0) is 4.28. The van der Waals surface area contributed by atoms with E-state index in [4.69, 9.17) is 5.41 Å². The van der Waals surface area contributed by atoms with Gasteiger partial charge in [-0.05, 0) is 6.92 Å². The highest BCUT2D eigenvalue weighted by Gasteiger charge is 1.69. The summed E-state index contributed by atoms with van der Waals surface area (Å²) in [7, 11) is 0. The molecule has 0 heterocycles. The van der Waals surface area contributed by atoms with Crippen molar-refractivity contribution in [3.63, 3.8) is 0 Å². The van der Waals surface area contributed by atoms with Gasteiger partial charge in [-0.25, -0.2) is 0 Å². The van der Waals surface area contributed by atoms with E-state index in [-0.39, 0.29) is 13.1 Å². The van der Waals surface area contributed by atoms with Gasteiger partial charge in [0.15, 0.2) is 6.29 Å². The van der Waals surface area contributed by atoms with Gasteiger partial charge in [0.2, 0.25) is 0 Å². The van der Waals surface area contributed by atoms with Crippen molar-refractivity contribution in [3.05, 3.63) is 0 Å². The first-order chi connectivity index (χ1) is 2.27. The van der Waals surface area contributed by atoms with Crippen LogP contribution in [0.15, 0.2) is 0 Å². The second-order valence-electron chi connectivity index (χ2n) is 0.801. The number of hydrogen-bond donors (Lipinski definition) is 1. The molecular formula is C4H9NO. The minimum Gasteiger partial charge on any atom is -0.302 e. The molecule has 0 rings (SSSR count). The van der Waals surface area contributed by atoms with Gasteiger partial charge in [-0.15, -0.1) is 0 Å². The van der Waals surface area contributed by atoms with E-state index in [1.807, 2.05) is 0 Å². The summed E-state index contributed by atoms with van der Waals surface area (Å²) in [6.07, 6.45) is 0.500. The van der Waals surface area contributed by atoms with E-state index in [9.17, 15) is 4.79 Å². The Morgan fingerprint density at radius 3 is 2.00 bits per heavy atom. The number of carbonyl (C=O) groups excluding carboxylic acids is 1. The lowest BCUT2D eigenvalue weighted by molar-refractivity contribution is -0.102. The van der Waals surface area contributed by atoms with Crippen LogP contribution in [-0.4, -0.2) is 12.0 Å². The number of carbonyl (C=O) groups is 1. The number of aldehydes is 1. The van der Waals surface area contributed by atoms with Crippen molar-refractivity contribution in [2.75, 3.05) is 0 Å². The van der Waals surface area contributed by atoms with Crippen LogP contribution in [0, 0.1) is 5.41 Å². The van der Waals surface area contributed by atoms with Crippen LogP contribution < -0.4 is 0 Å². The highest BCUT2D eigenvalue weighted by molar-refractivity contribution is 6.25. The second-order valence-corrected chi connectivity index (χ2v) is 0.801. The molecule has 0 unspecified atom stereocenters. The molecule has 2 heteroatoms. The lowest BCUT2D eigenvalue weighted by atomic mass is 10.5. The SMILES string of the molecule is C.CC(=N)C=O. The zero-order valence-electron chi connectivity index (χ0n) is 2.99. The fraction of sp³-hybridized carbons (Fsp3) is 0.500. The minimum absolute atomic E-state index is 0. The fourth-order valence-corrected chi connectivity index (χ4v) is 0. The first-order valence-electron chi connectivity index (χ1n) is 1.27. The van der Waals surface area contributed by atoms with E-state index in [2.05, 4.69) is 0 Å². The van der Waals surface area contributed by atoms with Crippen LogP contribution in [0.25, 0.3) is 0 Å². The van der Waals surface area contributed by atoms with Gasteiger partial charge in [0.25, 0.3) is 0 Å². The average Bonchev–Trinajstić information content (AvgIpc) is 1.38. The Labute approximate surface area is 37.7 Å². The van der Waals surface area contributed by atoms with Crippen molar-refractivity contribution in [3.8, 4) is 0 Å². The monoisotopic (exact) mass is 87.1 g/mol. The minimum atomic E-state index is 0. The van der Waals surface area contributed by atoms with Crippen LogP contribution in [0.1, 0.15) is 14.4 Å². The Kier molecular flexibility index (Phi) is 6.52. The Hall–Kier alpha value is -0.660. The van der Waals surface area contributed by atoms with Crippen LogP contribution in [0.3, 0.4) is 0 Å². The van der Waals surface area contributed by atoms with Crippen molar-refractivity contribution < 1.29 is 4.79 Å². The quantitative estimate of drug-likeness (QED) is 0.374. The van der Waals surface area contributed by atoms with Gasteiger partial charge in [-0.1, -0.05) is 7.43 Å². The molecule has 0 spiro atoms. The molecule has 0 aliphatic heterocycles. The third-order valence-corrected chi connectivity index (χ3v) is 0.177. The molecule has 0 saturated carbocycles. The Morgan fingerprint density at radius 2 is 2.00 bits per heavy atom. The number of nitrogens with one attached hydrogen (secondary N) is 1. The summed E-state index contributed by atoms with van der Waals surface area (Å²) in [4.78, 5) is 9.28. The molecule has 6 heavy (non-hydrogen) atoms. The average molecular weight is 87.1 g/mol. The van der Waals surface area contributed by atoms with Crippen molar-refractivity contribution >= 4 is 12.0 Å². The first-order valence-corrected chi connectivity index (χ1v) is 1.27. The second kappa shape index (κ2) is 4.34. The van der Waals surface area contributed by atoms with Gasteiger partial charge in [0.05, 0.1) is 5.71 Å². The Balaban J connectivity index is 0. The highest BCUT2D eigenvalue weighted by Crippen LogP contribution is 1.50. The van der Waals surface area contributed by atoms with Crippen LogP contribution in [0.2, 0.25) is 0 Å². The molecule has 0 aromatic rings. The van der Waals surface area contributed by atoms with Crippen LogP contribution >= 0.6 is 0 Å². The summed E-state index contributed by atoms with van der Waals surface area (Å²) in [6.45, 7) is 1.44. The molecule has 1 N–H and O–H groups in total. The normalized spacial score (nSPS) is 5.50. The molecule has 0 radical (unpaired) electrons. The van der Waals surface area contributed by atoms with Gasteiger partial charge in [0, 0.05) is 0 Å². The molecule has 0 aliphatic rings. The lowest BCUT2D eigenvalue weighted by Gasteiger charge is -1.63. The van der Waals surface area contributed by atoms with E-state index >= 15 is 0 Å². The van der Waals surface area contributed by atoms with E-state index in [0.29, 0.717) is 6.29 Å². The topological polar surface area (TPSA) is 40.9 Å². The maximum absolute atomic E-state index is 9.28. The third-order valence-electron chi connectivity index (χ3n) is 0.177. The Morgan fingerprint density at radius 1 is 1.83 bits per heavy atom.